The van der Waals surface area contributed by atoms with E-state index in [4.69, 9.17) is 9.52 Å². The number of aromatic carboxylic acids is 1. The number of carbonyl (C=O) groups is 1. The lowest BCUT2D eigenvalue weighted by atomic mass is 10.2. The normalized spacial score (nSPS) is 10.3. The van der Waals surface area contributed by atoms with Gasteiger partial charge in [0.2, 0.25) is 5.89 Å². The molecule has 0 spiro atoms. The number of carboxylic acid groups (broad SMARTS) is 1. The maximum Gasteiger partial charge on any atom is 0.339 e. The van der Waals surface area contributed by atoms with Gasteiger partial charge in [0, 0.05) is 18.8 Å². The van der Waals surface area contributed by atoms with Gasteiger partial charge in [-0.25, -0.2) is 9.78 Å². The number of nitrogens with one attached hydrogen (secondary N) is 1. The molecular weight excluding hydrogens is 234 g/mol. The Hall–Kier alpha value is -2.37. The van der Waals surface area contributed by atoms with Crippen LogP contribution in [0.2, 0.25) is 0 Å². The van der Waals surface area contributed by atoms with E-state index >= 15 is 0 Å². The van der Waals surface area contributed by atoms with E-state index in [9.17, 15) is 4.79 Å². The summed E-state index contributed by atoms with van der Waals surface area (Å²) in [5.74, 6) is 0.312. The minimum Gasteiger partial charge on any atom is -0.478 e. The summed E-state index contributed by atoms with van der Waals surface area (Å²) in [6, 6.07) is 1.60. The highest BCUT2D eigenvalue weighted by Gasteiger charge is 2.10. The lowest BCUT2D eigenvalue weighted by Gasteiger charge is -2.06. The second kappa shape index (κ2) is 5.31. The van der Waals surface area contributed by atoms with Gasteiger partial charge < -0.3 is 14.8 Å². The predicted octanol–water partition coefficient (Wildman–Crippen LogP) is 1.94. The average molecular weight is 247 g/mol. The molecule has 2 heterocycles. The number of hydrogen-bond acceptors (Lipinski definition) is 5. The fourth-order valence-electron chi connectivity index (χ4n) is 1.48. The monoisotopic (exact) mass is 247 g/mol. The van der Waals surface area contributed by atoms with Crippen molar-refractivity contribution < 1.29 is 14.3 Å². The van der Waals surface area contributed by atoms with E-state index in [1.165, 1.54) is 12.4 Å². The molecule has 0 unspecified atom stereocenters. The van der Waals surface area contributed by atoms with Crippen molar-refractivity contribution in [2.75, 3.05) is 5.32 Å². The van der Waals surface area contributed by atoms with Gasteiger partial charge >= 0.3 is 5.97 Å². The standard InChI is InChI=1S/C12H13N3O3/c1-2-8-5-15-11(18-8)7-14-10-3-4-13-6-9(10)12(16)17/h3-6H,2,7H2,1H3,(H,13,14)(H,16,17). The van der Waals surface area contributed by atoms with Crippen LogP contribution in [-0.2, 0) is 13.0 Å². The van der Waals surface area contributed by atoms with Crippen LogP contribution in [0, 0.1) is 0 Å². The fraction of sp³-hybridized carbons (Fsp3) is 0.250. The fourth-order valence-corrected chi connectivity index (χ4v) is 1.48. The Kier molecular flexibility index (Phi) is 3.57. The van der Waals surface area contributed by atoms with Crippen LogP contribution < -0.4 is 5.32 Å². The van der Waals surface area contributed by atoms with Gasteiger partial charge in [0.05, 0.1) is 18.4 Å². The van der Waals surface area contributed by atoms with Crippen LogP contribution in [0.25, 0.3) is 0 Å². The van der Waals surface area contributed by atoms with Crippen molar-refractivity contribution in [3.8, 4) is 0 Å². The molecule has 0 aromatic carbocycles. The van der Waals surface area contributed by atoms with Crippen LogP contribution in [0.1, 0.15) is 28.9 Å². The summed E-state index contributed by atoms with van der Waals surface area (Å²) in [5.41, 5.74) is 0.619. The third-order valence-electron chi connectivity index (χ3n) is 2.43. The average Bonchev–Trinajstić information content (AvgIpc) is 2.84. The number of rotatable bonds is 5. The molecule has 6 nitrogen and oxygen atoms in total. The molecule has 18 heavy (non-hydrogen) atoms. The Bertz CT molecular complexity index is 551. The van der Waals surface area contributed by atoms with E-state index in [2.05, 4.69) is 15.3 Å². The lowest BCUT2D eigenvalue weighted by molar-refractivity contribution is 0.0697. The van der Waals surface area contributed by atoms with Gasteiger partial charge in [0.25, 0.3) is 0 Å². The van der Waals surface area contributed by atoms with E-state index in [1.807, 2.05) is 6.92 Å². The number of aromatic nitrogens is 2. The van der Waals surface area contributed by atoms with Gasteiger partial charge in [0.15, 0.2) is 0 Å². The minimum absolute atomic E-state index is 0.125. The summed E-state index contributed by atoms with van der Waals surface area (Å²) in [7, 11) is 0. The van der Waals surface area contributed by atoms with Crippen LogP contribution in [0.15, 0.2) is 29.1 Å². The Morgan fingerprint density at radius 2 is 2.33 bits per heavy atom. The van der Waals surface area contributed by atoms with Crippen molar-refractivity contribution in [2.45, 2.75) is 19.9 Å². The minimum atomic E-state index is -1.02. The van der Waals surface area contributed by atoms with Crippen molar-refractivity contribution in [1.29, 1.82) is 0 Å². The topological polar surface area (TPSA) is 88.2 Å². The molecule has 0 atom stereocenters. The Balaban J connectivity index is 2.08. The molecule has 2 rings (SSSR count). The molecule has 0 bridgehead atoms. The maximum atomic E-state index is 11.0. The molecule has 0 radical (unpaired) electrons. The van der Waals surface area contributed by atoms with Gasteiger partial charge in [-0.05, 0) is 6.07 Å². The predicted molar refractivity (Wildman–Crippen MR) is 64.4 cm³/mol. The summed E-state index contributed by atoms with van der Waals surface area (Å²) >= 11 is 0. The third-order valence-corrected chi connectivity index (χ3v) is 2.43. The first-order chi connectivity index (χ1) is 8.70. The molecule has 0 amide bonds. The van der Waals surface area contributed by atoms with Gasteiger partial charge in [-0.1, -0.05) is 6.92 Å². The highest BCUT2D eigenvalue weighted by atomic mass is 16.4. The Morgan fingerprint density at radius 1 is 1.50 bits per heavy atom. The van der Waals surface area contributed by atoms with E-state index in [-0.39, 0.29) is 5.56 Å². The molecule has 0 aliphatic heterocycles. The van der Waals surface area contributed by atoms with Crippen LogP contribution in [0.4, 0.5) is 5.69 Å². The van der Waals surface area contributed by atoms with Crippen molar-refractivity contribution in [2.24, 2.45) is 0 Å². The number of pyridine rings is 1. The molecule has 2 N–H and O–H groups in total. The quantitative estimate of drug-likeness (QED) is 0.839. The second-order valence-electron chi connectivity index (χ2n) is 3.65. The molecule has 0 aliphatic rings. The van der Waals surface area contributed by atoms with E-state index in [0.717, 1.165) is 12.2 Å². The molecule has 94 valence electrons. The first-order valence-electron chi connectivity index (χ1n) is 5.55. The zero-order chi connectivity index (χ0) is 13.0. The van der Waals surface area contributed by atoms with Crippen LogP contribution >= 0.6 is 0 Å². The smallest absolute Gasteiger partial charge is 0.339 e. The van der Waals surface area contributed by atoms with Crippen LogP contribution in [-0.4, -0.2) is 21.0 Å². The number of hydrogen-bond donors (Lipinski definition) is 2. The number of carboxylic acids is 1. The van der Waals surface area contributed by atoms with Gasteiger partial charge in [-0.2, -0.15) is 0 Å². The molecule has 6 heteroatoms. The molecule has 2 aromatic heterocycles. The highest BCUT2D eigenvalue weighted by Crippen LogP contribution is 2.15. The number of nitrogens with zero attached hydrogens (tertiary/aromatic N) is 2. The zero-order valence-corrected chi connectivity index (χ0v) is 9.88. The number of anilines is 1. The first kappa shape index (κ1) is 12.1. The van der Waals surface area contributed by atoms with E-state index in [0.29, 0.717) is 18.1 Å². The SMILES string of the molecule is CCc1cnc(CNc2ccncc2C(=O)O)o1. The summed E-state index contributed by atoms with van der Waals surface area (Å²) in [6.07, 6.45) is 5.28. The second-order valence-corrected chi connectivity index (χ2v) is 3.65. The Morgan fingerprint density at radius 3 is 3.00 bits per heavy atom. The van der Waals surface area contributed by atoms with Crippen LogP contribution in [0.5, 0.6) is 0 Å². The van der Waals surface area contributed by atoms with Crippen molar-refractivity contribution >= 4 is 11.7 Å². The zero-order valence-electron chi connectivity index (χ0n) is 9.88. The summed E-state index contributed by atoms with van der Waals surface area (Å²) in [4.78, 5) is 18.8. The molecular formula is C12H13N3O3. The first-order valence-corrected chi connectivity index (χ1v) is 5.55. The number of aryl methyl sites for hydroxylation is 1. The van der Waals surface area contributed by atoms with E-state index in [1.54, 1.807) is 12.3 Å². The van der Waals surface area contributed by atoms with Crippen LogP contribution in [0.3, 0.4) is 0 Å². The maximum absolute atomic E-state index is 11.0. The van der Waals surface area contributed by atoms with Crippen molar-refractivity contribution in [3.05, 3.63) is 41.9 Å². The van der Waals surface area contributed by atoms with Gasteiger partial charge in [-0.15, -0.1) is 0 Å². The molecule has 0 aliphatic carbocycles. The third kappa shape index (κ3) is 2.65. The molecule has 2 aromatic rings. The van der Waals surface area contributed by atoms with Gasteiger partial charge in [-0.3, -0.25) is 4.98 Å². The lowest BCUT2D eigenvalue weighted by Crippen LogP contribution is -2.06. The summed E-state index contributed by atoms with van der Waals surface area (Å²) in [5, 5.41) is 12.0. The largest absolute Gasteiger partial charge is 0.478 e. The molecule has 0 saturated carbocycles. The summed E-state index contributed by atoms with van der Waals surface area (Å²) < 4.78 is 5.42. The van der Waals surface area contributed by atoms with Crippen molar-refractivity contribution in [3.63, 3.8) is 0 Å². The van der Waals surface area contributed by atoms with E-state index < -0.39 is 5.97 Å². The number of oxazole rings is 1. The van der Waals surface area contributed by atoms with Crippen molar-refractivity contribution in [1.82, 2.24) is 9.97 Å². The summed E-state index contributed by atoms with van der Waals surface area (Å²) in [6.45, 7) is 2.31. The van der Waals surface area contributed by atoms with Gasteiger partial charge in [0.1, 0.15) is 11.3 Å². The highest BCUT2D eigenvalue weighted by molar-refractivity contribution is 5.93. The Labute approximate surface area is 104 Å². The molecule has 0 saturated heterocycles. The molecule has 0 fully saturated rings.